The van der Waals surface area contributed by atoms with Crippen LogP contribution in [0.15, 0.2) is 46.5 Å². The third-order valence-corrected chi connectivity index (χ3v) is 5.12. The summed E-state index contributed by atoms with van der Waals surface area (Å²) in [6, 6.07) is 7.10. The Hall–Kier alpha value is -2.47. The number of thiazole rings is 1. The molecule has 3 aromatic heterocycles. The van der Waals surface area contributed by atoms with E-state index in [0.29, 0.717) is 22.9 Å². The lowest BCUT2D eigenvalue weighted by Crippen LogP contribution is -2.29. The topological polar surface area (TPSA) is 68.0 Å². The number of aromatic nitrogens is 2. The van der Waals surface area contributed by atoms with Crippen LogP contribution in [-0.2, 0) is 0 Å². The largest absolute Gasteiger partial charge is 0.463 e. The standard InChI is InChI=1S/C18H17N3O2S/c1-11-10-24-18(20-11)16(12-4-5-12)21-17(22)13-6-7-19-14(9-13)15-3-2-8-23-15/h2-3,6-10,12,16H,4-5H2,1H3,(H,21,22). The molecule has 1 aliphatic carbocycles. The van der Waals surface area contributed by atoms with E-state index in [9.17, 15) is 4.79 Å². The maximum absolute atomic E-state index is 12.7. The average Bonchev–Trinajstić information content (AvgIpc) is 3.10. The molecular weight excluding hydrogens is 322 g/mol. The number of carbonyl (C=O) groups is 1. The number of nitrogens with one attached hydrogen (secondary N) is 1. The Labute approximate surface area is 143 Å². The van der Waals surface area contributed by atoms with E-state index >= 15 is 0 Å². The van der Waals surface area contributed by atoms with E-state index < -0.39 is 0 Å². The number of aryl methyl sites for hydroxylation is 1. The predicted molar refractivity (Wildman–Crippen MR) is 91.7 cm³/mol. The maximum Gasteiger partial charge on any atom is 0.251 e. The van der Waals surface area contributed by atoms with E-state index in [2.05, 4.69) is 15.3 Å². The summed E-state index contributed by atoms with van der Waals surface area (Å²) in [5, 5.41) is 6.16. The maximum atomic E-state index is 12.7. The number of nitrogens with zero attached hydrogens (tertiary/aromatic N) is 2. The summed E-state index contributed by atoms with van der Waals surface area (Å²) in [6.45, 7) is 1.98. The van der Waals surface area contributed by atoms with Gasteiger partial charge in [0.1, 0.15) is 10.7 Å². The second kappa shape index (κ2) is 6.20. The molecule has 0 saturated heterocycles. The van der Waals surface area contributed by atoms with Gasteiger partial charge in [0, 0.05) is 22.8 Å². The highest BCUT2D eigenvalue weighted by Crippen LogP contribution is 2.42. The fraction of sp³-hybridized carbons (Fsp3) is 0.278. The molecule has 0 radical (unpaired) electrons. The second-order valence-corrected chi connectivity index (χ2v) is 6.91. The van der Waals surface area contributed by atoms with Crippen LogP contribution in [0.4, 0.5) is 0 Å². The Morgan fingerprint density at radius 2 is 2.29 bits per heavy atom. The summed E-state index contributed by atoms with van der Waals surface area (Å²) in [5.74, 6) is 1.04. The smallest absolute Gasteiger partial charge is 0.251 e. The van der Waals surface area contributed by atoms with Gasteiger partial charge in [0.2, 0.25) is 0 Å². The van der Waals surface area contributed by atoms with E-state index in [0.717, 1.165) is 23.5 Å². The van der Waals surface area contributed by atoms with Crippen LogP contribution in [0.3, 0.4) is 0 Å². The highest BCUT2D eigenvalue weighted by molar-refractivity contribution is 7.09. The molecule has 24 heavy (non-hydrogen) atoms. The van der Waals surface area contributed by atoms with Crippen molar-refractivity contribution in [3.05, 3.63) is 58.4 Å². The van der Waals surface area contributed by atoms with Gasteiger partial charge in [-0.05, 0) is 49.9 Å². The Morgan fingerprint density at radius 1 is 1.42 bits per heavy atom. The summed E-state index contributed by atoms with van der Waals surface area (Å²) in [7, 11) is 0. The molecule has 1 aliphatic rings. The lowest BCUT2D eigenvalue weighted by Gasteiger charge is -2.16. The SMILES string of the molecule is Cc1csc(C(NC(=O)c2ccnc(-c3ccco3)c2)C2CC2)n1. The van der Waals surface area contributed by atoms with Gasteiger partial charge in [0.25, 0.3) is 5.91 Å². The van der Waals surface area contributed by atoms with Crippen molar-refractivity contribution in [1.82, 2.24) is 15.3 Å². The molecule has 0 spiro atoms. The fourth-order valence-corrected chi connectivity index (χ4v) is 3.62. The summed E-state index contributed by atoms with van der Waals surface area (Å²) in [6.07, 6.45) is 5.50. The Bertz CT molecular complexity index is 853. The van der Waals surface area contributed by atoms with Crippen LogP contribution in [0.2, 0.25) is 0 Å². The molecule has 1 fully saturated rings. The number of rotatable bonds is 5. The molecule has 0 aromatic carbocycles. The van der Waals surface area contributed by atoms with Gasteiger partial charge in [0.15, 0.2) is 5.76 Å². The monoisotopic (exact) mass is 339 g/mol. The Balaban J connectivity index is 1.56. The molecule has 5 nitrogen and oxygen atoms in total. The minimum absolute atomic E-state index is 0.00331. The van der Waals surface area contributed by atoms with E-state index in [4.69, 9.17) is 4.42 Å². The number of pyridine rings is 1. The first-order valence-corrected chi connectivity index (χ1v) is 8.81. The Kier molecular flexibility index (Phi) is 3.90. The minimum Gasteiger partial charge on any atom is -0.463 e. The number of hydrogen-bond donors (Lipinski definition) is 1. The van der Waals surface area contributed by atoms with Gasteiger partial charge in [-0.2, -0.15) is 0 Å². The Morgan fingerprint density at radius 3 is 2.96 bits per heavy atom. The molecule has 3 heterocycles. The zero-order valence-electron chi connectivity index (χ0n) is 13.2. The summed E-state index contributed by atoms with van der Waals surface area (Å²) in [4.78, 5) is 21.5. The third kappa shape index (κ3) is 3.10. The minimum atomic E-state index is -0.102. The van der Waals surface area contributed by atoms with Gasteiger partial charge < -0.3 is 9.73 Å². The molecule has 4 rings (SSSR count). The molecule has 1 saturated carbocycles. The van der Waals surface area contributed by atoms with Gasteiger partial charge in [0.05, 0.1) is 12.3 Å². The zero-order chi connectivity index (χ0) is 16.5. The molecule has 6 heteroatoms. The van der Waals surface area contributed by atoms with Crippen molar-refractivity contribution in [2.24, 2.45) is 5.92 Å². The van der Waals surface area contributed by atoms with Gasteiger partial charge in [-0.1, -0.05) is 0 Å². The van der Waals surface area contributed by atoms with Crippen LogP contribution in [-0.4, -0.2) is 15.9 Å². The molecule has 1 N–H and O–H groups in total. The number of carbonyl (C=O) groups excluding carboxylic acids is 1. The van der Waals surface area contributed by atoms with Gasteiger partial charge >= 0.3 is 0 Å². The summed E-state index contributed by atoms with van der Waals surface area (Å²) < 4.78 is 5.35. The normalized spacial score (nSPS) is 15.2. The molecular formula is C18H17N3O2S. The van der Waals surface area contributed by atoms with Crippen LogP contribution in [0.5, 0.6) is 0 Å². The zero-order valence-corrected chi connectivity index (χ0v) is 14.0. The third-order valence-electron chi connectivity index (χ3n) is 4.08. The fourth-order valence-electron chi connectivity index (χ4n) is 2.68. The first kappa shape index (κ1) is 15.1. The highest BCUT2D eigenvalue weighted by atomic mass is 32.1. The van der Waals surface area contributed by atoms with Crippen LogP contribution < -0.4 is 5.32 Å². The quantitative estimate of drug-likeness (QED) is 0.763. The van der Waals surface area contributed by atoms with E-state index in [1.165, 1.54) is 0 Å². The molecule has 122 valence electrons. The van der Waals surface area contributed by atoms with Gasteiger partial charge in [-0.3, -0.25) is 9.78 Å². The van der Waals surface area contributed by atoms with Crippen molar-refractivity contribution in [2.45, 2.75) is 25.8 Å². The van der Waals surface area contributed by atoms with E-state index in [-0.39, 0.29) is 11.9 Å². The van der Waals surface area contributed by atoms with Crippen LogP contribution in [0.1, 0.15) is 39.9 Å². The average molecular weight is 339 g/mol. The van der Waals surface area contributed by atoms with Crippen molar-refractivity contribution in [1.29, 1.82) is 0 Å². The predicted octanol–water partition coefficient (Wildman–Crippen LogP) is 3.99. The molecule has 1 amide bonds. The van der Waals surface area contributed by atoms with E-state index in [1.54, 1.807) is 42.0 Å². The lowest BCUT2D eigenvalue weighted by atomic mass is 10.1. The van der Waals surface area contributed by atoms with Crippen molar-refractivity contribution >= 4 is 17.2 Å². The molecule has 1 unspecified atom stereocenters. The molecule has 1 atom stereocenters. The number of hydrogen-bond acceptors (Lipinski definition) is 5. The molecule has 0 bridgehead atoms. The number of amides is 1. The van der Waals surface area contributed by atoms with Crippen LogP contribution in [0, 0.1) is 12.8 Å². The lowest BCUT2D eigenvalue weighted by molar-refractivity contribution is 0.0931. The van der Waals surface area contributed by atoms with Crippen LogP contribution >= 0.6 is 11.3 Å². The summed E-state index contributed by atoms with van der Waals surface area (Å²) in [5.41, 5.74) is 2.23. The van der Waals surface area contributed by atoms with E-state index in [1.807, 2.05) is 18.4 Å². The van der Waals surface area contributed by atoms with Crippen LogP contribution in [0.25, 0.3) is 11.5 Å². The van der Waals surface area contributed by atoms with Crippen molar-refractivity contribution in [3.63, 3.8) is 0 Å². The van der Waals surface area contributed by atoms with Crippen molar-refractivity contribution in [2.75, 3.05) is 0 Å². The van der Waals surface area contributed by atoms with Crippen molar-refractivity contribution in [3.8, 4) is 11.5 Å². The molecule has 3 aromatic rings. The first-order valence-electron chi connectivity index (χ1n) is 7.93. The molecule has 0 aliphatic heterocycles. The van der Waals surface area contributed by atoms with Crippen molar-refractivity contribution < 1.29 is 9.21 Å². The summed E-state index contributed by atoms with van der Waals surface area (Å²) >= 11 is 1.61. The first-order chi connectivity index (χ1) is 11.7. The second-order valence-electron chi connectivity index (χ2n) is 6.02. The highest BCUT2D eigenvalue weighted by Gasteiger charge is 2.35. The number of furan rings is 1. The van der Waals surface area contributed by atoms with Gasteiger partial charge in [-0.25, -0.2) is 4.98 Å². The van der Waals surface area contributed by atoms with Gasteiger partial charge in [-0.15, -0.1) is 11.3 Å².